The van der Waals surface area contributed by atoms with Crippen molar-refractivity contribution in [1.29, 1.82) is 0 Å². The van der Waals surface area contributed by atoms with E-state index in [1.54, 1.807) is 26.1 Å². The molecule has 0 fully saturated rings. The van der Waals surface area contributed by atoms with Crippen LogP contribution in [0.1, 0.15) is 78.0 Å². The molecule has 0 spiro atoms. The predicted molar refractivity (Wildman–Crippen MR) is 129 cm³/mol. The maximum atomic E-state index is 14.1. The Kier molecular flexibility index (Phi) is 6.68. The average molecular weight is 493 g/mol. The summed E-state index contributed by atoms with van der Waals surface area (Å²) in [6.07, 6.45) is -0.200. The van der Waals surface area contributed by atoms with Crippen molar-refractivity contribution in [2.75, 3.05) is 0 Å². The highest BCUT2D eigenvalue weighted by Gasteiger charge is 2.48. The Labute approximate surface area is 205 Å². The van der Waals surface area contributed by atoms with E-state index in [9.17, 15) is 27.9 Å². The van der Waals surface area contributed by atoms with Gasteiger partial charge < -0.3 is 10.4 Å². The van der Waals surface area contributed by atoms with Gasteiger partial charge in [0.15, 0.2) is 0 Å². The predicted octanol–water partition coefficient (Wildman–Crippen LogP) is 6.64. The molecule has 0 saturated heterocycles. The van der Waals surface area contributed by atoms with Gasteiger partial charge in [0.25, 0.3) is 0 Å². The molecule has 0 radical (unpaired) electrons. The monoisotopic (exact) mass is 492 g/mol. The van der Waals surface area contributed by atoms with Crippen LogP contribution in [0.3, 0.4) is 0 Å². The molecule has 0 saturated carbocycles. The van der Waals surface area contributed by atoms with Crippen LogP contribution >= 0.6 is 0 Å². The van der Waals surface area contributed by atoms with Crippen molar-refractivity contribution < 1.29 is 27.9 Å². The van der Waals surface area contributed by atoms with Gasteiger partial charge in [0, 0.05) is 18.2 Å². The molecule has 1 aliphatic carbocycles. The Morgan fingerprint density at radius 1 is 1.20 bits per heavy atom. The van der Waals surface area contributed by atoms with E-state index >= 15 is 0 Å². The number of urea groups is 1. The molecule has 1 unspecified atom stereocenters. The highest BCUT2D eigenvalue weighted by Crippen LogP contribution is 2.44. The van der Waals surface area contributed by atoms with Crippen LogP contribution < -0.4 is 5.32 Å². The lowest BCUT2D eigenvalue weighted by Crippen LogP contribution is -2.61. The van der Waals surface area contributed by atoms with E-state index < -0.39 is 34.8 Å². The lowest BCUT2D eigenvalue weighted by atomic mass is 9.74. The van der Waals surface area contributed by atoms with Crippen molar-refractivity contribution in [2.45, 2.75) is 85.0 Å². The number of alkyl halides is 3. The van der Waals surface area contributed by atoms with Gasteiger partial charge in [0.05, 0.1) is 16.6 Å². The highest BCUT2D eigenvalue weighted by molar-refractivity contribution is 5.90. The van der Waals surface area contributed by atoms with Gasteiger partial charge in [-0.1, -0.05) is 46.8 Å². The number of amides is 2. The second kappa shape index (κ2) is 8.71. The number of hydrogen-bond donors (Lipinski definition) is 2. The fourth-order valence-electron chi connectivity index (χ4n) is 4.92. The number of carbonyl (C=O) groups excluding carboxylic acids is 1. The third kappa shape index (κ3) is 5.26. The van der Waals surface area contributed by atoms with E-state index in [-0.39, 0.29) is 28.9 Å². The maximum Gasteiger partial charge on any atom is 0.416 e. The zero-order valence-corrected chi connectivity index (χ0v) is 21.4. The first-order chi connectivity index (χ1) is 15.9. The molecule has 1 aromatic carbocycles. The molecule has 2 atom stereocenters. The summed E-state index contributed by atoms with van der Waals surface area (Å²) in [5.41, 5.74) is -1.17. The third-order valence-corrected chi connectivity index (χ3v) is 7.04. The molecule has 2 aliphatic rings. The maximum absolute atomic E-state index is 14.1. The number of aliphatic carboxylic acids is 1. The third-order valence-electron chi connectivity index (χ3n) is 7.04. The molecule has 5 nitrogen and oxygen atoms in total. The molecule has 0 aromatic heterocycles. The molecule has 2 N–H and O–H groups in total. The Hall–Kier alpha value is -2.77. The number of halogens is 3. The molecule has 3 rings (SSSR count). The summed E-state index contributed by atoms with van der Waals surface area (Å²) in [7, 11) is 0. The minimum atomic E-state index is -4.52. The van der Waals surface area contributed by atoms with E-state index in [1.165, 1.54) is 17.0 Å². The summed E-state index contributed by atoms with van der Waals surface area (Å²) >= 11 is 0. The highest BCUT2D eigenvalue weighted by atomic mass is 19.4. The molecule has 8 heteroatoms. The molecule has 35 heavy (non-hydrogen) atoms. The first kappa shape index (κ1) is 26.8. The van der Waals surface area contributed by atoms with E-state index in [1.807, 2.05) is 34.6 Å². The van der Waals surface area contributed by atoms with Crippen LogP contribution in [-0.4, -0.2) is 27.5 Å². The average Bonchev–Trinajstić information content (AvgIpc) is 2.68. The van der Waals surface area contributed by atoms with Crippen LogP contribution in [0, 0.1) is 11.3 Å². The summed E-state index contributed by atoms with van der Waals surface area (Å²) in [6, 6.07) is 3.89. The summed E-state index contributed by atoms with van der Waals surface area (Å²) in [4.78, 5) is 25.9. The summed E-state index contributed by atoms with van der Waals surface area (Å²) in [5, 5.41) is 12.1. The van der Waals surface area contributed by atoms with Crippen LogP contribution in [0.2, 0.25) is 0 Å². The first-order valence-electron chi connectivity index (χ1n) is 11.9. The summed E-state index contributed by atoms with van der Waals surface area (Å²) in [5.74, 6) is -1.12. The van der Waals surface area contributed by atoms with E-state index in [2.05, 4.69) is 5.32 Å². The fraction of sp³-hybridized carbons (Fsp3) is 0.556. The van der Waals surface area contributed by atoms with Crippen LogP contribution in [0.15, 0.2) is 41.6 Å². The van der Waals surface area contributed by atoms with E-state index in [0.29, 0.717) is 18.4 Å². The van der Waals surface area contributed by atoms with Crippen molar-refractivity contribution in [3.8, 4) is 0 Å². The summed E-state index contributed by atoms with van der Waals surface area (Å²) in [6.45, 7) is 13.3. The van der Waals surface area contributed by atoms with Gasteiger partial charge in [0.1, 0.15) is 0 Å². The minimum absolute atomic E-state index is 0.0930. The van der Waals surface area contributed by atoms with Gasteiger partial charge in [-0.2, -0.15) is 13.2 Å². The van der Waals surface area contributed by atoms with Gasteiger partial charge >= 0.3 is 18.2 Å². The van der Waals surface area contributed by atoms with Crippen molar-refractivity contribution in [1.82, 2.24) is 10.2 Å². The molecule has 1 aromatic rings. The number of carboxylic acid groups (broad SMARTS) is 1. The fourth-order valence-corrected chi connectivity index (χ4v) is 4.92. The Bertz CT molecular complexity index is 1100. The minimum Gasteiger partial charge on any atom is -0.478 e. The molecule has 2 amide bonds. The van der Waals surface area contributed by atoms with Crippen LogP contribution in [0.4, 0.5) is 18.0 Å². The second-order valence-electron chi connectivity index (χ2n) is 11.6. The smallest absolute Gasteiger partial charge is 0.416 e. The lowest BCUT2D eigenvalue weighted by Gasteiger charge is -2.49. The Morgan fingerprint density at radius 2 is 1.80 bits per heavy atom. The summed E-state index contributed by atoms with van der Waals surface area (Å²) < 4.78 is 42.2. The number of nitrogens with one attached hydrogen (secondary N) is 1. The molecular weight excluding hydrogens is 457 g/mol. The van der Waals surface area contributed by atoms with Crippen molar-refractivity contribution in [3.05, 3.63) is 58.3 Å². The normalized spacial score (nSPS) is 25.1. The molecule has 1 heterocycles. The second-order valence-corrected chi connectivity index (χ2v) is 11.6. The van der Waals surface area contributed by atoms with Crippen molar-refractivity contribution >= 4 is 12.0 Å². The number of hydrogen-bond acceptors (Lipinski definition) is 2. The van der Waals surface area contributed by atoms with Gasteiger partial charge in [0.2, 0.25) is 0 Å². The van der Waals surface area contributed by atoms with Gasteiger partial charge in [-0.05, 0) is 66.9 Å². The molecular formula is C27H35F3N2O3. The first-order valence-corrected chi connectivity index (χ1v) is 11.9. The number of aryl methyl sites for hydroxylation is 1. The topological polar surface area (TPSA) is 69.6 Å². The quantitative estimate of drug-likeness (QED) is 0.468. The number of carbonyl (C=O) groups is 2. The van der Waals surface area contributed by atoms with Gasteiger partial charge in [-0.3, -0.25) is 4.90 Å². The van der Waals surface area contributed by atoms with E-state index in [0.717, 1.165) is 11.6 Å². The van der Waals surface area contributed by atoms with E-state index in [4.69, 9.17) is 0 Å². The molecule has 0 bridgehead atoms. The van der Waals surface area contributed by atoms with Crippen molar-refractivity contribution in [2.24, 2.45) is 11.3 Å². The zero-order valence-electron chi connectivity index (χ0n) is 21.4. The SMILES string of the molecule is CC(C)C1=CN(C2(C)C=C(C(=O)O)C2)C(=O)N[C@@]1(C)c1ccc(CCC(C)(C)C)c(C(F)(F)F)c1. The number of carboxylic acids is 1. The van der Waals surface area contributed by atoms with Gasteiger partial charge in [-0.15, -0.1) is 0 Å². The standard InChI is InChI=1S/C27H35F3N2O3/c1-16(2)21-15-32(25(6)13-18(14-25)22(33)34)23(35)31-26(21,7)19-9-8-17(10-11-24(3,4)5)20(12-19)27(28,29)30/h8-9,12-13,15-16H,10-11,14H2,1-7H3,(H,31,35)(H,33,34)/t25?,26-/m0/s1. The van der Waals surface area contributed by atoms with Crippen molar-refractivity contribution in [3.63, 3.8) is 0 Å². The Morgan fingerprint density at radius 3 is 2.29 bits per heavy atom. The van der Waals surface area contributed by atoms with Crippen LogP contribution in [0.5, 0.6) is 0 Å². The Balaban J connectivity index is 2.06. The van der Waals surface area contributed by atoms with Crippen LogP contribution in [0.25, 0.3) is 0 Å². The number of rotatable bonds is 6. The van der Waals surface area contributed by atoms with Crippen LogP contribution in [-0.2, 0) is 22.9 Å². The lowest BCUT2D eigenvalue weighted by molar-refractivity contribution is -0.138. The largest absolute Gasteiger partial charge is 0.478 e. The molecule has 1 aliphatic heterocycles. The zero-order chi connectivity index (χ0) is 26.6. The van der Waals surface area contributed by atoms with Gasteiger partial charge in [-0.25, -0.2) is 9.59 Å². The molecule has 192 valence electrons. The number of benzene rings is 1. The number of nitrogens with zero attached hydrogens (tertiary/aromatic N) is 1.